The van der Waals surface area contributed by atoms with Gasteiger partial charge in [0.2, 0.25) is 0 Å². The number of carboxylic acid groups (broad SMARTS) is 1. The van der Waals surface area contributed by atoms with Crippen LogP contribution in [0.25, 0.3) is 0 Å². The van der Waals surface area contributed by atoms with E-state index in [1.54, 1.807) is 0 Å². The van der Waals surface area contributed by atoms with Gasteiger partial charge in [0.05, 0.1) is 39.6 Å². The van der Waals surface area contributed by atoms with E-state index in [1.165, 1.54) is 0 Å². The van der Waals surface area contributed by atoms with Crippen molar-refractivity contribution in [3.63, 3.8) is 0 Å². The monoisotopic (exact) mass is 490 g/mol. The van der Waals surface area contributed by atoms with Gasteiger partial charge in [0.1, 0.15) is 6.61 Å². The molecule has 0 saturated carbocycles. The van der Waals surface area contributed by atoms with E-state index in [0.717, 1.165) is 23.2 Å². The van der Waals surface area contributed by atoms with Gasteiger partial charge in [0, 0.05) is 6.61 Å². The van der Waals surface area contributed by atoms with Crippen LogP contribution in [-0.2, 0) is 23.7 Å². The van der Waals surface area contributed by atoms with Crippen molar-refractivity contribution >= 4 is 24.7 Å². The lowest BCUT2D eigenvalue weighted by Gasteiger charge is -2.41. The van der Waals surface area contributed by atoms with Crippen molar-refractivity contribution in [2.45, 2.75) is 31.7 Å². The summed E-state index contributed by atoms with van der Waals surface area (Å²) in [5.74, 6) is -0.989. The smallest absolute Gasteiger partial charge is 0.329 e. The first-order chi connectivity index (χ1) is 16.4. The number of benzene rings is 2. The zero-order valence-corrected chi connectivity index (χ0v) is 21.3. The molecule has 0 spiro atoms. The van der Waals surface area contributed by atoms with E-state index in [2.05, 4.69) is 13.8 Å². The van der Waals surface area contributed by atoms with Crippen molar-refractivity contribution < 1.29 is 33.6 Å². The maximum absolute atomic E-state index is 12.1. The number of carboxylic acids is 1. The minimum absolute atomic E-state index is 0.248. The highest BCUT2D eigenvalue weighted by molar-refractivity contribution is 6.98. The van der Waals surface area contributed by atoms with E-state index < -0.39 is 14.3 Å². The lowest BCUT2D eigenvalue weighted by atomic mass is 10.1. The first-order valence-corrected chi connectivity index (χ1v) is 13.7. The molecule has 0 aliphatic rings. The standard InChI is InChI=1S/C26H38O7Si/c1-26(2,34(29,23-10-5-3-6-11-23)24-12-7-4-8-13-24)14-9-15-30-16-17-31-18-19-32-20-21-33-22-25(27)28/h3-8,10-13,29H,9,14-22H2,1-2H3,(H,27,28). The maximum Gasteiger partial charge on any atom is 0.329 e. The molecule has 188 valence electrons. The topological polar surface area (TPSA) is 94.5 Å². The van der Waals surface area contributed by atoms with Gasteiger partial charge in [-0.1, -0.05) is 74.5 Å². The maximum atomic E-state index is 12.1. The molecule has 2 rings (SSSR count). The quantitative estimate of drug-likeness (QED) is 0.245. The Morgan fingerprint density at radius 1 is 0.735 bits per heavy atom. The van der Waals surface area contributed by atoms with Gasteiger partial charge >= 0.3 is 5.97 Å². The van der Waals surface area contributed by atoms with Gasteiger partial charge in [-0.05, 0) is 28.3 Å². The van der Waals surface area contributed by atoms with Crippen LogP contribution >= 0.6 is 0 Å². The SMILES string of the molecule is CC(C)(CCCOCCOCCOCCOCC(=O)O)[Si](O)(c1ccccc1)c1ccccc1. The Balaban J connectivity index is 1.67. The molecule has 0 aromatic heterocycles. The molecule has 2 aromatic rings. The molecule has 0 atom stereocenters. The average molecular weight is 491 g/mol. The van der Waals surface area contributed by atoms with Crippen LogP contribution in [0.2, 0.25) is 5.04 Å². The van der Waals surface area contributed by atoms with Crippen LogP contribution in [0.3, 0.4) is 0 Å². The summed E-state index contributed by atoms with van der Waals surface area (Å²) >= 11 is 0. The number of rotatable bonds is 18. The lowest BCUT2D eigenvalue weighted by molar-refractivity contribution is -0.142. The van der Waals surface area contributed by atoms with Crippen molar-refractivity contribution in [1.82, 2.24) is 0 Å². The third kappa shape index (κ3) is 8.94. The summed E-state index contributed by atoms with van der Waals surface area (Å²) in [6.07, 6.45) is 1.69. The van der Waals surface area contributed by atoms with Crippen LogP contribution in [-0.4, -0.2) is 77.0 Å². The van der Waals surface area contributed by atoms with Crippen molar-refractivity contribution in [2.75, 3.05) is 52.9 Å². The molecular weight excluding hydrogens is 452 g/mol. The Kier molecular flexibility index (Phi) is 12.5. The molecule has 2 N–H and O–H groups in total. The second-order valence-corrected chi connectivity index (χ2v) is 12.6. The molecule has 0 radical (unpaired) electrons. The van der Waals surface area contributed by atoms with Gasteiger partial charge in [-0.15, -0.1) is 0 Å². The largest absolute Gasteiger partial charge is 0.480 e. The average Bonchev–Trinajstić information content (AvgIpc) is 2.84. The second kappa shape index (κ2) is 15.0. The first-order valence-electron chi connectivity index (χ1n) is 11.7. The van der Waals surface area contributed by atoms with Crippen LogP contribution in [0.15, 0.2) is 60.7 Å². The summed E-state index contributed by atoms with van der Waals surface area (Å²) in [7, 11) is -2.97. The van der Waals surface area contributed by atoms with E-state index in [4.69, 9.17) is 24.1 Å². The van der Waals surface area contributed by atoms with E-state index in [1.807, 2.05) is 60.7 Å². The van der Waals surface area contributed by atoms with Crippen LogP contribution in [0.4, 0.5) is 0 Å². The Morgan fingerprint density at radius 2 is 1.15 bits per heavy atom. The second-order valence-electron chi connectivity index (χ2n) is 8.71. The fraction of sp³-hybridized carbons (Fsp3) is 0.500. The Labute approximate surface area is 203 Å². The lowest BCUT2D eigenvalue weighted by Crippen LogP contribution is -2.65. The molecule has 2 aromatic carbocycles. The van der Waals surface area contributed by atoms with E-state index in [9.17, 15) is 9.59 Å². The van der Waals surface area contributed by atoms with Gasteiger partial charge in [-0.3, -0.25) is 0 Å². The first kappa shape index (κ1) is 28.2. The van der Waals surface area contributed by atoms with Crippen molar-refractivity contribution in [1.29, 1.82) is 0 Å². The molecule has 0 aliphatic carbocycles. The summed E-state index contributed by atoms with van der Waals surface area (Å²) in [6.45, 7) is 7.06. The Hall–Kier alpha value is -2.07. The zero-order chi connectivity index (χ0) is 24.7. The van der Waals surface area contributed by atoms with Crippen molar-refractivity contribution in [2.24, 2.45) is 0 Å². The van der Waals surface area contributed by atoms with Crippen LogP contribution in [0, 0.1) is 0 Å². The predicted molar refractivity (Wildman–Crippen MR) is 134 cm³/mol. The summed E-state index contributed by atoms with van der Waals surface area (Å²) < 4.78 is 21.4. The van der Waals surface area contributed by atoms with Gasteiger partial charge in [-0.25, -0.2) is 4.79 Å². The normalized spacial score (nSPS) is 12.1. The summed E-state index contributed by atoms with van der Waals surface area (Å²) in [4.78, 5) is 22.4. The minimum Gasteiger partial charge on any atom is -0.480 e. The zero-order valence-electron chi connectivity index (χ0n) is 20.3. The van der Waals surface area contributed by atoms with E-state index in [0.29, 0.717) is 39.6 Å². The van der Waals surface area contributed by atoms with Gasteiger partial charge in [0.25, 0.3) is 8.32 Å². The Morgan fingerprint density at radius 3 is 1.59 bits per heavy atom. The highest BCUT2D eigenvalue weighted by atomic mass is 28.4. The molecule has 7 nitrogen and oxygen atoms in total. The summed E-state index contributed by atoms with van der Waals surface area (Å²) in [6, 6.07) is 20.1. The van der Waals surface area contributed by atoms with Gasteiger partial charge in [-0.2, -0.15) is 0 Å². The van der Waals surface area contributed by atoms with E-state index >= 15 is 0 Å². The third-order valence-electron chi connectivity index (χ3n) is 5.79. The van der Waals surface area contributed by atoms with Crippen molar-refractivity contribution in [3.8, 4) is 0 Å². The number of hydrogen-bond donors (Lipinski definition) is 2. The third-order valence-corrected chi connectivity index (χ3v) is 10.3. The van der Waals surface area contributed by atoms with Gasteiger partial charge in [0.15, 0.2) is 0 Å². The summed E-state index contributed by atoms with van der Waals surface area (Å²) in [5.41, 5.74) is 0. The molecular formula is C26H38O7Si. The van der Waals surface area contributed by atoms with Crippen molar-refractivity contribution in [3.05, 3.63) is 60.7 Å². The highest BCUT2D eigenvalue weighted by Crippen LogP contribution is 2.39. The van der Waals surface area contributed by atoms with Crippen LogP contribution < -0.4 is 10.4 Å². The molecule has 0 bridgehead atoms. The number of aliphatic carboxylic acids is 1. The van der Waals surface area contributed by atoms with Gasteiger partial charge < -0.3 is 28.8 Å². The fourth-order valence-electron chi connectivity index (χ4n) is 3.92. The minimum atomic E-state index is -2.97. The molecule has 0 unspecified atom stereocenters. The highest BCUT2D eigenvalue weighted by Gasteiger charge is 2.49. The number of ether oxygens (including phenoxy) is 4. The van der Waals surface area contributed by atoms with Crippen LogP contribution in [0.5, 0.6) is 0 Å². The summed E-state index contributed by atoms with van der Waals surface area (Å²) in [5, 5.41) is 10.2. The molecule has 0 fully saturated rings. The molecule has 0 aliphatic heterocycles. The Bertz CT molecular complexity index is 775. The molecule has 0 heterocycles. The fourth-order valence-corrected chi connectivity index (χ4v) is 7.71. The van der Waals surface area contributed by atoms with E-state index in [-0.39, 0.29) is 18.3 Å². The molecule has 8 heteroatoms. The molecule has 0 saturated heterocycles. The number of hydrogen-bond acceptors (Lipinski definition) is 6. The molecule has 34 heavy (non-hydrogen) atoms. The molecule has 0 amide bonds. The predicted octanol–water partition coefficient (Wildman–Crippen LogP) is 2.45. The number of carbonyl (C=O) groups is 1. The van der Waals surface area contributed by atoms with Crippen LogP contribution in [0.1, 0.15) is 26.7 Å².